The van der Waals surface area contributed by atoms with Gasteiger partial charge >= 0.3 is 0 Å². The average molecular weight is 370 g/mol. The monoisotopic (exact) mass is 369 g/mol. The van der Waals surface area contributed by atoms with Gasteiger partial charge in [0.2, 0.25) is 5.91 Å². The van der Waals surface area contributed by atoms with Gasteiger partial charge < -0.3 is 5.32 Å². The maximum absolute atomic E-state index is 12.3. The molecule has 0 aliphatic heterocycles. The Morgan fingerprint density at radius 2 is 1.83 bits per heavy atom. The molecule has 1 heterocycles. The summed E-state index contributed by atoms with van der Waals surface area (Å²) in [6.45, 7) is 1.91. The summed E-state index contributed by atoms with van der Waals surface area (Å²) < 4.78 is 2.74. The lowest BCUT2D eigenvalue weighted by Crippen LogP contribution is -2.17. The maximum Gasteiger partial charge on any atom is 0.229 e. The van der Waals surface area contributed by atoms with E-state index in [9.17, 15) is 4.79 Å². The number of amides is 1. The molecular weight excluding hydrogens is 354 g/mol. The summed E-state index contributed by atoms with van der Waals surface area (Å²) in [5, 5.41) is 7.39. The van der Waals surface area contributed by atoms with Crippen molar-refractivity contribution >= 4 is 27.7 Å². The van der Waals surface area contributed by atoms with Crippen LogP contribution in [0, 0.1) is 6.92 Å². The molecular formula is C18H16BrN3O. The molecule has 0 saturated carbocycles. The number of hydrogen-bond donors (Lipinski definition) is 1. The molecule has 0 atom stereocenters. The van der Waals surface area contributed by atoms with Gasteiger partial charge in [-0.05, 0) is 36.8 Å². The van der Waals surface area contributed by atoms with Gasteiger partial charge in [0.25, 0.3) is 0 Å². The first-order valence-electron chi connectivity index (χ1n) is 7.28. The molecule has 0 unspecified atom stereocenters. The summed E-state index contributed by atoms with van der Waals surface area (Å²) >= 11 is 3.39. The SMILES string of the molecule is Cc1cc(NC(=O)Cc2ccc(Br)cc2)n(-c2ccccc2)n1. The van der Waals surface area contributed by atoms with Crippen LogP contribution in [0.3, 0.4) is 0 Å². The molecule has 3 aromatic rings. The molecule has 1 aromatic heterocycles. The first-order chi connectivity index (χ1) is 11.1. The highest BCUT2D eigenvalue weighted by molar-refractivity contribution is 9.10. The highest BCUT2D eigenvalue weighted by Crippen LogP contribution is 2.17. The predicted molar refractivity (Wildman–Crippen MR) is 94.8 cm³/mol. The number of nitrogens with zero attached hydrogens (tertiary/aromatic N) is 2. The summed E-state index contributed by atoms with van der Waals surface area (Å²) in [4.78, 5) is 12.3. The minimum atomic E-state index is -0.0654. The molecule has 3 rings (SSSR count). The summed E-state index contributed by atoms with van der Waals surface area (Å²) in [6, 6.07) is 19.3. The molecule has 0 saturated heterocycles. The van der Waals surface area contributed by atoms with E-state index in [2.05, 4.69) is 26.3 Å². The van der Waals surface area contributed by atoms with E-state index < -0.39 is 0 Å². The summed E-state index contributed by atoms with van der Waals surface area (Å²) in [6.07, 6.45) is 0.326. The second-order valence-electron chi connectivity index (χ2n) is 5.27. The van der Waals surface area contributed by atoms with Crippen LogP contribution in [-0.4, -0.2) is 15.7 Å². The Morgan fingerprint density at radius 3 is 2.52 bits per heavy atom. The number of aromatic nitrogens is 2. The Balaban J connectivity index is 1.77. The first-order valence-corrected chi connectivity index (χ1v) is 8.07. The van der Waals surface area contributed by atoms with Crippen molar-refractivity contribution in [1.29, 1.82) is 0 Å². The van der Waals surface area contributed by atoms with E-state index in [1.54, 1.807) is 4.68 Å². The molecule has 0 aliphatic carbocycles. The Hall–Kier alpha value is -2.40. The molecule has 23 heavy (non-hydrogen) atoms. The number of para-hydroxylation sites is 1. The van der Waals surface area contributed by atoms with Gasteiger partial charge in [-0.25, -0.2) is 4.68 Å². The van der Waals surface area contributed by atoms with Crippen molar-refractivity contribution < 1.29 is 4.79 Å². The number of aryl methyl sites for hydroxylation is 1. The maximum atomic E-state index is 12.3. The third-order valence-electron chi connectivity index (χ3n) is 3.38. The molecule has 0 radical (unpaired) electrons. The fourth-order valence-corrected chi connectivity index (χ4v) is 2.59. The molecule has 116 valence electrons. The van der Waals surface area contributed by atoms with Gasteiger partial charge in [-0.15, -0.1) is 0 Å². The van der Waals surface area contributed by atoms with Crippen LogP contribution in [-0.2, 0) is 11.2 Å². The molecule has 5 heteroatoms. The fourth-order valence-electron chi connectivity index (χ4n) is 2.33. The smallest absolute Gasteiger partial charge is 0.229 e. The number of hydrogen-bond acceptors (Lipinski definition) is 2. The zero-order valence-electron chi connectivity index (χ0n) is 12.7. The predicted octanol–water partition coefficient (Wildman–Crippen LogP) is 4.12. The van der Waals surface area contributed by atoms with Crippen molar-refractivity contribution in [3.05, 3.63) is 76.4 Å². The van der Waals surface area contributed by atoms with Crippen LogP contribution in [0.1, 0.15) is 11.3 Å². The number of anilines is 1. The zero-order valence-corrected chi connectivity index (χ0v) is 14.2. The van der Waals surface area contributed by atoms with E-state index in [1.165, 1.54) is 0 Å². The second kappa shape index (κ2) is 6.79. The summed E-state index contributed by atoms with van der Waals surface area (Å²) in [7, 11) is 0. The van der Waals surface area contributed by atoms with Crippen molar-refractivity contribution in [1.82, 2.24) is 9.78 Å². The van der Waals surface area contributed by atoms with Crippen LogP contribution >= 0.6 is 15.9 Å². The molecule has 4 nitrogen and oxygen atoms in total. The quantitative estimate of drug-likeness (QED) is 0.751. The van der Waals surface area contributed by atoms with E-state index >= 15 is 0 Å². The highest BCUT2D eigenvalue weighted by Gasteiger charge is 2.11. The largest absolute Gasteiger partial charge is 0.310 e. The average Bonchev–Trinajstić information content (AvgIpc) is 2.91. The number of carbonyl (C=O) groups is 1. The van der Waals surface area contributed by atoms with Gasteiger partial charge in [-0.3, -0.25) is 4.79 Å². The number of nitrogens with one attached hydrogen (secondary N) is 1. The summed E-state index contributed by atoms with van der Waals surface area (Å²) in [5.74, 6) is 0.611. The van der Waals surface area contributed by atoms with Crippen LogP contribution in [0.4, 0.5) is 5.82 Å². The fraction of sp³-hybridized carbons (Fsp3) is 0.111. The van der Waals surface area contributed by atoms with E-state index in [4.69, 9.17) is 0 Å². The van der Waals surface area contributed by atoms with Crippen LogP contribution < -0.4 is 5.32 Å². The number of rotatable bonds is 4. The highest BCUT2D eigenvalue weighted by atomic mass is 79.9. The molecule has 1 amide bonds. The Morgan fingerprint density at radius 1 is 1.13 bits per heavy atom. The summed E-state index contributed by atoms with van der Waals surface area (Å²) in [5.41, 5.74) is 2.74. The van der Waals surface area contributed by atoms with Crippen molar-refractivity contribution in [3.63, 3.8) is 0 Å². The number of halogens is 1. The normalized spacial score (nSPS) is 10.5. The van der Waals surface area contributed by atoms with E-state index in [1.807, 2.05) is 67.6 Å². The van der Waals surface area contributed by atoms with Gasteiger partial charge in [-0.1, -0.05) is 46.3 Å². The zero-order chi connectivity index (χ0) is 16.2. The Kier molecular flexibility index (Phi) is 4.57. The minimum Gasteiger partial charge on any atom is -0.310 e. The number of carbonyl (C=O) groups excluding carboxylic acids is 1. The number of benzene rings is 2. The van der Waals surface area contributed by atoms with E-state index in [0.717, 1.165) is 21.4 Å². The van der Waals surface area contributed by atoms with E-state index in [0.29, 0.717) is 12.2 Å². The van der Waals surface area contributed by atoms with Crippen LogP contribution in [0.2, 0.25) is 0 Å². The van der Waals surface area contributed by atoms with Crippen molar-refractivity contribution in [2.75, 3.05) is 5.32 Å². The topological polar surface area (TPSA) is 46.9 Å². The van der Waals surface area contributed by atoms with Crippen LogP contribution in [0.25, 0.3) is 5.69 Å². The third-order valence-corrected chi connectivity index (χ3v) is 3.91. The van der Waals surface area contributed by atoms with Gasteiger partial charge in [0.1, 0.15) is 5.82 Å². The molecule has 0 bridgehead atoms. The van der Waals surface area contributed by atoms with Crippen LogP contribution in [0.5, 0.6) is 0 Å². The Bertz CT molecular complexity index is 810. The first kappa shape index (κ1) is 15.5. The van der Waals surface area contributed by atoms with Crippen molar-refractivity contribution in [2.45, 2.75) is 13.3 Å². The van der Waals surface area contributed by atoms with Gasteiger partial charge in [0.05, 0.1) is 17.8 Å². The van der Waals surface area contributed by atoms with Crippen molar-refractivity contribution in [2.24, 2.45) is 0 Å². The van der Waals surface area contributed by atoms with Crippen LogP contribution in [0.15, 0.2) is 65.1 Å². The standard InChI is InChI=1S/C18H16BrN3O/c1-13-11-17(22(21-13)16-5-3-2-4-6-16)20-18(23)12-14-7-9-15(19)10-8-14/h2-11H,12H2,1H3,(H,20,23). The minimum absolute atomic E-state index is 0.0654. The lowest BCUT2D eigenvalue weighted by molar-refractivity contribution is -0.115. The molecule has 0 spiro atoms. The van der Waals surface area contributed by atoms with Gasteiger partial charge in [-0.2, -0.15) is 5.10 Å². The molecule has 2 aromatic carbocycles. The molecule has 0 aliphatic rings. The molecule has 0 fully saturated rings. The van der Waals surface area contributed by atoms with Crippen molar-refractivity contribution in [3.8, 4) is 5.69 Å². The molecule has 1 N–H and O–H groups in total. The second-order valence-corrected chi connectivity index (χ2v) is 6.19. The van der Waals surface area contributed by atoms with E-state index in [-0.39, 0.29) is 5.91 Å². The van der Waals surface area contributed by atoms with Gasteiger partial charge in [0.15, 0.2) is 0 Å². The third kappa shape index (κ3) is 3.87. The lowest BCUT2D eigenvalue weighted by Gasteiger charge is -2.09. The van der Waals surface area contributed by atoms with Gasteiger partial charge in [0, 0.05) is 10.5 Å². The Labute approximate surface area is 143 Å². The lowest BCUT2D eigenvalue weighted by atomic mass is 10.1.